The van der Waals surface area contributed by atoms with Crippen molar-refractivity contribution in [3.05, 3.63) is 96.3 Å². The van der Waals surface area contributed by atoms with Crippen LogP contribution in [0, 0.1) is 5.82 Å². The minimum Gasteiger partial charge on any atom is -0.453 e. The molecule has 0 atom stereocenters. The van der Waals surface area contributed by atoms with Crippen LogP contribution in [0.3, 0.4) is 0 Å². The van der Waals surface area contributed by atoms with Crippen LogP contribution < -0.4 is 15.6 Å². The zero-order valence-corrected chi connectivity index (χ0v) is 16.9. The Bertz CT molecular complexity index is 1280. The van der Waals surface area contributed by atoms with Gasteiger partial charge in [-0.2, -0.15) is 0 Å². The second kappa shape index (κ2) is 9.92. The van der Waals surface area contributed by atoms with Crippen LogP contribution in [0.1, 0.15) is 15.9 Å². The number of benzene rings is 2. The number of tetrazole rings is 1. The third kappa shape index (κ3) is 5.61. The van der Waals surface area contributed by atoms with Gasteiger partial charge in [0.15, 0.2) is 11.6 Å². The maximum absolute atomic E-state index is 14.3. The van der Waals surface area contributed by atoms with Crippen LogP contribution in [0.2, 0.25) is 0 Å². The quantitative estimate of drug-likeness (QED) is 0.345. The molecule has 2 aromatic carbocycles. The van der Waals surface area contributed by atoms with Crippen molar-refractivity contribution in [2.75, 3.05) is 0 Å². The van der Waals surface area contributed by atoms with Gasteiger partial charge in [-0.05, 0) is 70.6 Å². The Morgan fingerprint density at radius 1 is 1.06 bits per heavy atom. The molecule has 4 aromatic rings. The summed E-state index contributed by atoms with van der Waals surface area (Å²) in [4.78, 5) is 28.1. The summed E-state index contributed by atoms with van der Waals surface area (Å²) in [5.74, 6) is -1.27. The fourth-order valence-electron chi connectivity index (χ4n) is 2.69. The number of pyridine rings is 1. The van der Waals surface area contributed by atoms with Crippen molar-refractivity contribution >= 4 is 17.9 Å². The number of aromatic nitrogens is 5. The third-order valence-corrected chi connectivity index (χ3v) is 4.29. The number of carbonyl (C=O) groups is 2. The summed E-state index contributed by atoms with van der Waals surface area (Å²) in [6.45, 7) is 0. The first-order valence-corrected chi connectivity index (χ1v) is 9.58. The average molecular weight is 445 g/mol. The molecule has 0 aliphatic heterocycles. The molecule has 4 rings (SSSR count). The summed E-state index contributed by atoms with van der Waals surface area (Å²) >= 11 is 0. The lowest BCUT2D eigenvalue weighted by molar-refractivity contribution is -0.117. The van der Waals surface area contributed by atoms with Gasteiger partial charge in [0, 0.05) is 17.8 Å². The van der Waals surface area contributed by atoms with Gasteiger partial charge >= 0.3 is 0 Å². The van der Waals surface area contributed by atoms with Gasteiger partial charge in [-0.25, -0.2) is 9.07 Å². The molecule has 2 heterocycles. The monoisotopic (exact) mass is 445 g/mol. The average Bonchev–Trinajstić information content (AvgIpc) is 3.38. The molecule has 33 heavy (non-hydrogen) atoms. The number of rotatable bonds is 6. The maximum atomic E-state index is 14.3. The molecule has 0 fully saturated rings. The number of halogens is 1. The molecule has 0 radical (unpaired) electrons. The van der Waals surface area contributed by atoms with E-state index >= 15 is 0 Å². The van der Waals surface area contributed by atoms with Crippen LogP contribution in [0.5, 0.6) is 11.5 Å². The summed E-state index contributed by atoms with van der Waals surface area (Å²) in [7, 11) is 0. The van der Waals surface area contributed by atoms with E-state index in [2.05, 4.69) is 31.4 Å². The Morgan fingerprint density at radius 3 is 2.61 bits per heavy atom. The van der Waals surface area contributed by atoms with Crippen LogP contribution in [0.25, 0.3) is 11.8 Å². The number of carbonyl (C=O) groups excluding carboxylic acids is 2. The molecule has 0 bridgehead atoms. The fraction of sp³-hybridized carbons (Fsp3) is 0. The van der Waals surface area contributed by atoms with Gasteiger partial charge in [0.25, 0.3) is 11.8 Å². The van der Waals surface area contributed by atoms with E-state index in [9.17, 15) is 14.0 Å². The van der Waals surface area contributed by atoms with Gasteiger partial charge in [-0.3, -0.25) is 25.4 Å². The Hall–Kier alpha value is -4.93. The van der Waals surface area contributed by atoms with Crippen molar-refractivity contribution in [1.29, 1.82) is 0 Å². The molecule has 2 amide bonds. The predicted octanol–water partition coefficient (Wildman–Crippen LogP) is 2.46. The number of ether oxygens (including phenoxy) is 1. The lowest BCUT2D eigenvalue weighted by Crippen LogP contribution is -2.40. The van der Waals surface area contributed by atoms with Crippen molar-refractivity contribution in [3.8, 4) is 17.2 Å². The van der Waals surface area contributed by atoms with E-state index in [0.717, 1.165) is 6.08 Å². The van der Waals surface area contributed by atoms with Crippen LogP contribution >= 0.6 is 0 Å². The Morgan fingerprint density at radius 2 is 1.91 bits per heavy atom. The largest absolute Gasteiger partial charge is 0.453 e. The third-order valence-electron chi connectivity index (χ3n) is 4.29. The van der Waals surface area contributed by atoms with Crippen LogP contribution in [0.15, 0.2) is 79.4 Å². The highest BCUT2D eigenvalue weighted by Gasteiger charge is 2.08. The van der Waals surface area contributed by atoms with Gasteiger partial charge in [-0.1, -0.05) is 6.07 Å². The van der Waals surface area contributed by atoms with E-state index in [-0.39, 0.29) is 5.75 Å². The molecule has 11 heteroatoms. The van der Waals surface area contributed by atoms with E-state index in [1.165, 1.54) is 35.4 Å². The maximum Gasteiger partial charge on any atom is 0.269 e. The number of hydrogen-bond donors (Lipinski definition) is 2. The molecule has 2 aromatic heterocycles. The Balaban J connectivity index is 1.30. The van der Waals surface area contributed by atoms with Gasteiger partial charge < -0.3 is 4.74 Å². The summed E-state index contributed by atoms with van der Waals surface area (Å²) in [6.07, 6.45) is 7.04. The minimum atomic E-state index is -0.597. The minimum absolute atomic E-state index is 0.0305. The zero-order chi connectivity index (χ0) is 23.0. The molecular weight excluding hydrogens is 429 g/mol. The summed E-state index contributed by atoms with van der Waals surface area (Å²) < 4.78 is 21.1. The highest BCUT2D eigenvalue weighted by molar-refractivity contribution is 5.98. The number of nitrogens with zero attached hydrogens (tertiary/aromatic N) is 5. The smallest absolute Gasteiger partial charge is 0.269 e. The van der Waals surface area contributed by atoms with Crippen LogP contribution in [0.4, 0.5) is 4.39 Å². The Labute approximate surface area is 186 Å². The molecule has 0 saturated carbocycles. The lowest BCUT2D eigenvalue weighted by Gasteiger charge is -2.07. The molecule has 10 nitrogen and oxygen atoms in total. The van der Waals surface area contributed by atoms with Gasteiger partial charge in [0.05, 0.1) is 11.9 Å². The highest BCUT2D eigenvalue weighted by atomic mass is 19.1. The molecule has 0 aliphatic rings. The van der Waals surface area contributed by atoms with E-state index in [1.54, 1.807) is 48.7 Å². The van der Waals surface area contributed by atoms with E-state index in [1.807, 2.05) is 0 Å². The molecule has 2 N–H and O–H groups in total. The molecule has 0 unspecified atom stereocenters. The molecule has 0 saturated heterocycles. The van der Waals surface area contributed by atoms with E-state index < -0.39 is 17.6 Å². The van der Waals surface area contributed by atoms with E-state index in [0.29, 0.717) is 22.6 Å². The zero-order valence-electron chi connectivity index (χ0n) is 16.9. The second-order valence-electron chi connectivity index (χ2n) is 6.56. The number of hydrogen-bond acceptors (Lipinski definition) is 7. The molecule has 0 spiro atoms. The van der Waals surface area contributed by atoms with Crippen LogP contribution in [-0.2, 0) is 4.79 Å². The number of nitrogens with one attached hydrogen (secondary N) is 2. The second-order valence-corrected chi connectivity index (χ2v) is 6.56. The van der Waals surface area contributed by atoms with Gasteiger partial charge in [0.2, 0.25) is 0 Å². The van der Waals surface area contributed by atoms with Crippen molar-refractivity contribution in [3.63, 3.8) is 0 Å². The van der Waals surface area contributed by atoms with Gasteiger partial charge in [0.1, 0.15) is 12.1 Å². The number of hydrazine groups is 1. The first kappa shape index (κ1) is 21.3. The van der Waals surface area contributed by atoms with Gasteiger partial charge in [-0.15, -0.1) is 5.10 Å². The van der Waals surface area contributed by atoms with Crippen LogP contribution in [-0.4, -0.2) is 37.0 Å². The summed E-state index contributed by atoms with van der Waals surface area (Å²) in [5, 5.41) is 10.8. The Kier molecular flexibility index (Phi) is 6.40. The van der Waals surface area contributed by atoms with Crippen molar-refractivity contribution in [2.45, 2.75) is 0 Å². The predicted molar refractivity (Wildman–Crippen MR) is 115 cm³/mol. The first-order chi connectivity index (χ1) is 16.1. The molecule has 0 aliphatic carbocycles. The molecular formula is C22H16FN7O3. The van der Waals surface area contributed by atoms with Crippen molar-refractivity contribution in [2.24, 2.45) is 0 Å². The highest BCUT2D eigenvalue weighted by Crippen LogP contribution is 2.24. The first-order valence-electron chi connectivity index (χ1n) is 9.58. The summed E-state index contributed by atoms with van der Waals surface area (Å²) in [6, 6.07) is 14.0. The summed E-state index contributed by atoms with van der Waals surface area (Å²) in [5.41, 5.74) is 6.00. The standard InChI is InChI=1S/C22H16FN7O3/c23-19-12-15(3-9-20(19)33-18-2-1-11-24-13-18)4-10-21(31)26-27-22(32)16-5-7-17(8-6-16)30-14-25-28-29-30/h1-14H,(H,26,31)(H,27,32)/b10-4+. The molecule has 164 valence electrons. The lowest BCUT2D eigenvalue weighted by atomic mass is 10.2. The fourth-order valence-corrected chi connectivity index (χ4v) is 2.69. The number of amides is 2. The topological polar surface area (TPSA) is 124 Å². The SMILES string of the molecule is O=C(/C=C/c1ccc(Oc2cccnc2)c(F)c1)NNC(=O)c1ccc(-n2cnnn2)cc1. The van der Waals surface area contributed by atoms with Crippen molar-refractivity contribution < 1.29 is 18.7 Å². The van der Waals surface area contributed by atoms with Crippen molar-refractivity contribution in [1.82, 2.24) is 36.0 Å². The normalized spacial score (nSPS) is 10.7. The van der Waals surface area contributed by atoms with E-state index in [4.69, 9.17) is 4.74 Å².